The molecule has 1 saturated heterocycles. The molecule has 0 saturated carbocycles. The summed E-state index contributed by atoms with van der Waals surface area (Å²) in [4.78, 5) is 1.49. The van der Waals surface area contributed by atoms with Crippen molar-refractivity contribution in [1.29, 1.82) is 0 Å². The molecule has 1 fully saturated rings. The molecule has 0 aromatic carbocycles. The van der Waals surface area contributed by atoms with Gasteiger partial charge in [0.15, 0.2) is 0 Å². The zero-order valence-electron chi connectivity index (χ0n) is 11.8. The second kappa shape index (κ2) is 6.13. The summed E-state index contributed by atoms with van der Waals surface area (Å²) in [7, 11) is 1.88. The summed E-state index contributed by atoms with van der Waals surface area (Å²) >= 11 is 0. The van der Waals surface area contributed by atoms with Crippen LogP contribution in [0.5, 0.6) is 0 Å². The van der Waals surface area contributed by atoms with E-state index in [-0.39, 0.29) is 12.0 Å². The number of hydrogen-bond acceptors (Lipinski definition) is 3. The lowest BCUT2D eigenvalue weighted by molar-refractivity contribution is -0.143. The average Bonchev–Trinajstić information content (AvgIpc) is 2.93. The van der Waals surface area contributed by atoms with Crippen LogP contribution in [0.25, 0.3) is 0 Å². The fourth-order valence-corrected chi connectivity index (χ4v) is 2.73. The van der Waals surface area contributed by atoms with Crippen molar-refractivity contribution in [3.8, 4) is 0 Å². The highest BCUT2D eigenvalue weighted by molar-refractivity contribution is 5.05. The lowest BCUT2D eigenvalue weighted by atomic mass is 10.1. The Morgan fingerprint density at radius 3 is 2.85 bits per heavy atom. The summed E-state index contributed by atoms with van der Waals surface area (Å²) in [6.07, 6.45) is -1.53. The average molecular weight is 290 g/mol. The van der Waals surface area contributed by atoms with Crippen molar-refractivity contribution >= 4 is 0 Å². The van der Waals surface area contributed by atoms with Crippen molar-refractivity contribution < 1.29 is 13.2 Å². The van der Waals surface area contributed by atoms with E-state index in [4.69, 9.17) is 0 Å². The Hall–Kier alpha value is -1.08. The Morgan fingerprint density at radius 1 is 1.50 bits per heavy atom. The molecule has 20 heavy (non-hydrogen) atoms. The van der Waals surface area contributed by atoms with E-state index in [1.165, 1.54) is 4.90 Å². The van der Waals surface area contributed by atoms with E-state index in [2.05, 4.69) is 10.4 Å². The van der Waals surface area contributed by atoms with E-state index in [0.29, 0.717) is 13.1 Å². The summed E-state index contributed by atoms with van der Waals surface area (Å²) in [5, 5.41) is 7.50. The van der Waals surface area contributed by atoms with Gasteiger partial charge in [-0.25, -0.2) is 0 Å². The predicted octanol–water partition coefficient (Wildman–Crippen LogP) is 1.95. The number of halogens is 3. The zero-order chi connectivity index (χ0) is 14.8. The molecule has 2 rings (SSSR count). The molecule has 1 aliphatic rings. The number of nitrogens with one attached hydrogen (secondary N) is 1. The van der Waals surface area contributed by atoms with Crippen LogP contribution in [0.1, 0.15) is 25.1 Å². The van der Waals surface area contributed by atoms with Gasteiger partial charge in [0.1, 0.15) is 0 Å². The van der Waals surface area contributed by atoms with Gasteiger partial charge in [-0.1, -0.05) is 0 Å². The second-order valence-corrected chi connectivity index (χ2v) is 5.51. The van der Waals surface area contributed by atoms with Crippen LogP contribution >= 0.6 is 0 Å². The molecule has 1 aromatic rings. The quantitative estimate of drug-likeness (QED) is 0.900. The van der Waals surface area contributed by atoms with Crippen molar-refractivity contribution in [2.75, 3.05) is 26.2 Å². The van der Waals surface area contributed by atoms with Crippen LogP contribution in [0.3, 0.4) is 0 Å². The molecule has 0 radical (unpaired) electrons. The molecule has 1 aliphatic heterocycles. The van der Waals surface area contributed by atoms with E-state index in [1.54, 1.807) is 6.20 Å². The second-order valence-electron chi connectivity index (χ2n) is 5.51. The minimum absolute atomic E-state index is 0.152. The molecule has 114 valence electrons. The van der Waals surface area contributed by atoms with Crippen molar-refractivity contribution in [2.24, 2.45) is 13.0 Å². The van der Waals surface area contributed by atoms with Gasteiger partial charge in [-0.15, -0.1) is 0 Å². The molecule has 4 nitrogen and oxygen atoms in total. The highest BCUT2D eigenvalue weighted by Crippen LogP contribution is 2.23. The summed E-state index contributed by atoms with van der Waals surface area (Å²) < 4.78 is 38.7. The van der Waals surface area contributed by atoms with Gasteiger partial charge in [-0.05, 0) is 38.4 Å². The van der Waals surface area contributed by atoms with E-state index in [1.807, 2.05) is 24.7 Å². The molecule has 1 N–H and O–H groups in total. The van der Waals surface area contributed by atoms with Crippen LogP contribution in [-0.2, 0) is 7.05 Å². The number of alkyl halides is 3. The zero-order valence-corrected chi connectivity index (χ0v) is 11.8. The van der Waals surface area contributed by atoms with Gasteiger partial charge >= 0.3 is 6.18 Å². The van der Waals surface area contributed by atoms with Gasteiger partial charge in [0.25, 0.3) is 0 Å². The first-order chi connectivity index (χ1) is 9.35. The maximum atomic E-state index is 12.3. The van der Waals surface area contributed by atoms with Gasteiger partial charge < -0.3 is 5.32 Å². The SMILES string of the molecule is CC(NCC1CCN(CC(F)(F)F)C1)c1ccnn1C. The van der Waals surface area contributed by atoms with Crippen LogP contribution in [0.2, 0.25) is 0 Å². The summed E-state index contributed by atoms with van der Waals surface area (Å²) in [5.41, 5.74) is 1.08. The fourth-order valence-electron chi connectivity index (χ4n) is 2.73. The van der Waals surface area contributed by atoms with Crippen molar-refractivity contribution in [2.45, 2.75) is 25.6 Å². The minimum atomic E-state index is -4.09. The third-order valence-electron chi connectivity index (χ3n) is 3.79. The number of aromatic nitrogens is 2. The molecule has 0 bridgehead atoms. The predicted molar refractivity (Wildman–Crippen MR) is 70.2 cm³/mol. The normalized spacial score (nSPS) is 22.4. The molecule has 2 atom stereocenters. The number of likely N-dealkylation sites (tertiary alicyclic amines) is 1. The van der Waals surface area contributed by atoms with Crippen molar-refractivity contribution in [1.82, 2.24) is 20.0 Å². The van der Waals surface area contributed by atoms with Crippen LogP contribution in [-0.4, -0.2) is 47.0 Å². The molecule has 0 aliphatic carbocycles. The highest BCUT2D eigenvalue weighted by Gasteiger charge is 2.34. The Morgan fingerprint density at radius 2 is 2.25 bits per heavy atom. The van der Waals surface area contributed by atoms with Gasteiger partial charge in [-0.2, -0.15) is 18.3 Å². The minimum Gasteiger partial charge on any atom is -0.309 e. The third-order valence-corrected chi connectivity index (χ3v) is 3.79. The topological polar surface area (TPSA) is 33.1 Å². The maximum Gasteiger partial charge on any atom is 0.401 e. The molecule has 2 heterocycles. The van der Waals surface area contributed by atoms with Crippen LogP contribution in [0.4, 0.5) is 13.2 Å². The van der Waals surface area contributed by atoms with Gasteiger partial charge in [-0.3, -0.25) is 9.58 Å². The number of hydrogen-bond donors (Lipinski definition) is 1. The Labute approximate surface area is 116 Å². The van der Waals surface area contributed by atoms with E-state index in [9.17, 15) is 13.2 Å². The van der Waals surface area contributed by atoms with Crippen LogP contribution < -0.4 is 5.32 Å². The third kappa shape index (κ3) is 4.21. The Kier molecular flexibility index (Phi) is 4.70. The first-order valence-corrected chi connectivity index (χ1v) is 6.85. The van der Waals surface area contributed by atoms with E-state index < -0.39 is 12.7 Å². The molecule has 0 spiro atoms. The number of aryl methyl sites for hydroxylation is 1. The monoisotopic (exact) mass is 290 g/mol. The van der Waals surface area contributed by atoms with Crippen LogP contribution in [0.15, 0.2) is 12.3 Å². The summed E-state index contributed by atoms with van der Waals surface area (Å²) in [6, 6.07) is 2.10. The molecular formula is C13H21F3N4. The molecule has 0 amide bonds. The largest absolute Gasteiger partial charge is 0.401 e. The van der Waals surface area contributed by atoms with Crippen molar-refractivity contribution in [3.63, 3.8) is 0 Å². The number of nitrogens with zero attached hydrogens (tertiary/aromatic N) is 3. The maximum absolute atomic E-state index is 12.3. The highest BCUT2D eigenvalue weighted by atomic mass is 19.4. The molecular weight excluding hydrogens is 269 g/mol. The van der Waals surface area contributed by atoms with Gasteiger partial charge in [0, 0.05) is 25.8 Å². The standard InChI is InChI=1S/C13H21F3N4/c1-10(12-3-5-18-19(12)2)17-7-11-4-6-20(8-11)9-13(14,15)16/h3,5,10-11,17H,4,6-9H2,1-2H3. The lowest BCUT2D eigenvalue weighted by Gasteiger charge is -2.19. The first-order valence-electron chi connectivity index (χ1n) is 6.85. The van der Waals surface area contributed by atoms with Crippen molar-refractivity contribution in [3.05, 3.63) is 18.0 Å². The van der Waals surface area contributed by atoms with E-state index in [0.717, 1.165) is 18.7 Å². The smallest absolute Gasteiger partial charge is 0.309 e. The molecule has 2 unspecified atom stereocenters. The van der Waals surface area contributed by atoms with E-state index >= 15 is 0 Å². The summed E-state index contributed by atoms with van der Waals surface area (Å²) in [5.74, 6) is 0.285. The molecule has 7 heteroatoms. The summed E-state index contributed by atoms with van der Waals surface area (Å²) in [6.45, 7) is 3.04. The number of rotatable bonds is 5. The molecule has 1 aromatic heterocycles. The fraction of sp³-hybridized carbons (Fsp3) is 0.769. The first kappa shape index (κ1) is 15.3. The van der Waals surface area contributed by atoms with Crippen LogP contribution in [0, 0.1) is 5.92 Å². The lowest BCUT2D eigenvalue weighted by Crippen LogP contribution is -2.34. The van der Waals surface area contributed by atoms with Gasteiger partial charge in [0.05, 0.1) is 12.2 Å². The van der Waals surface area contributed by atoms with Gasteiger partial charge in [0.2, 0.25) is 0 Å². The Bertz CT molecular complexity index is 429. The Balaban J connectivity index is 1.75.